The van der Waals surface area contributed by atoms with Crippen molar-refractivity contribution in [1.29, 1.82) is 0 Å². The lowest BCUT2D eigenvalue weighted by Gasteiger charge is -2.45. The lowest BCUT2D eigenvalue weighted by Crippen LogP contribution is -2.41. The van der Waals surface area contributed by atoms with Crippen LogP contribution in [0.5, 0.6) is 0 Å². The highest BCUT2D eigenvalue weighted by atomic mass is 14.8. The quantitative estimate of drug-likeness (QED) is 0.634. The summed E-state index contributed by atoms with van der Waals surface area (Å²) in [4.78, 5) is 0. The molecule has 0 saturated heterocycles. The molecule has 1 fully saturated rings. The molecule has 0 aliphatic heterocycles. The molecule has 1 N–H and O–H groups in total. The number of hydrogen-bond acceptors (Lipinski definition) is 1. The van der Waals surface area contributed by atoms with Crippen LogP contribution >= 0.6 is 0 Å². The normalized spacial score (nSPS) is 39.3. The Labute approximate surface area is 64.2 Å². The zero-order valence-corrected chi connectivity index (χ0v) is 7.41. The molecule has 1 saturated carbocycles. The van der Waals surface area contributed by atoms with Crippen LogP contribution in [0.3, 0.4) is 0 Å². The van der Waals surface area contributed by atoms with Crippen molar-refractivity contribution in [3.05, 3.63) is 0 Å². The Balaban J connectivity index is 2.20. The summed E-state index contributed by atoms with van der Waals surface area (Å²) in [7, 11) is 2.05. The molecule has 0 radical (unpaired) electrons. The second kappa shape index (κ2) is 2.91. The van der Waals surface area contributed by atoms with Crippen molar-refractivity contribution in [3.8, 4) is 0 Å². The number of hydrogen-bond donors (Lipinski definition) is 1. The first-order chi connectivity index (χ1) is 4.70. The van der Waals surface area contributed by atoms with E-state index in [1.165, 1.54) is 25.8 Å². The van der Waals surface area contributed by atoms with Gasteiger partial charge in [0.1, 0.15) is 0 Å². The summed E-state index contributed by atoms with van der Waals surface area (Å²) in [5.74, 6) is 1.03. The highest BCUT2D eigenvalue weighted by molar-refractivity contribution is 4.90. The van der Waals surface area contributed by atoms with Gasteiger partial charge in [-0.2, -0.15) is 0 Å². The van der Waals surface area contributed by atoms with Crippen LogP contribution in [-0.4, -0.2) is 13.6 Å². The molecule has 1 aliphatic rings. The van der Waals surface area contributed by atoms with E-state index in [1.54, 1.807) is 0 Å². The van der Waals surface area contributed by atoms with Gasteiger partial charge >= 0.3 is 0 Å². The van der Waals surface area contributed by atoms with Gasteiger partial charge in [0.2, 0.25) is 0 Å². The highest BCUT2D eigenvalue weighted by Gasteiger charge is 2.37. The smallest absolute Gasteiger partial charge is 0.000236 e. The second-order valence-corrected chi connectivity index (χ2v) is 4.02. The lowest BCUT2D eigenvalue weighted by atomic mass is 9.62. The van der Waals surface area contributed by atoms with E-state index < -0.39 is 0 Å². The highest BCUT2D eigenvalue weighted by Crippen LogP contribution is 2.46. The maximum atomic E-state index is 3.25. The van der Waals surface area contributed by atoms with Crippen LogP contribution in [-0.2, 0) is 0 Å². The predicted molar refractivity (Wildman–Crippen MR) is 45.0 cm³/mol. The van der Waals surface area contributed by atoms with Gasteiger partial charge in [-0.3, -0.25) is 0 Å². The van der Waals surface area contributed by atoms with Gasteiger partial charge < -0.3 is 5.32 Å². The Kier molecular flexibility index (Phi) is 2.35. The van der Waals surface area contributed by atoms with E-state index in [-0.39, 0.29) is 0 Å². The second-order valence-electron chi connectivity index (χ2n) is 4.02. The minimum Gasteiger partial charge on any atom is -0.319 e. The van der Waals surface area contributed by atoms with Crippen molar-refractivity contribution in [3.63, 3.8) is 0 Å². The van der Waals surface area contributed by atoms with Gasteiger partial charge in [-0.1, -0.05) is 20.3 Å². The monoisotopic (exact) mass is 141 g/mol. The van der Waals surface area contributed by atoms with E-state index in [1.807, 2.05) is 7.05 Å². The molecule has 1 heteroatoms. The fourth-order valence-corrected chi connectivity index (χ4v) is 2.19. The van der Waals surface area contributed by atoms with Crippen LogP contribution in [0, 0.1) is 11.3 Å². The largest absolute Gasteiger partial charge is 0.319 e. The van der Waals surface area contributed by atoms with Gasteiger partial charge in [0.05, 0.1) is 0 Å². The molecule has 0 unspecified atom stereocenters. The first-order valence-electron chi connectivity index (χ1n) is 4.35. The number of nitrogens with one attached hydrogen (secondary N) is 1. The molecular weight excluding hydrogens is 122 g/mol. The van der Waals surface area contributed by atoms with Crippen molar-refractivity contribution >= 4 is 0 Å². The zero-order chi connectivity index (χ0) is 7.61. The fourth-order valence-electron chi connectivity index (χ4n) is 2.19. The Morgan fingerprint density at radius 3 is 2.50 bits per heavy atom. The van der Waals surface area contributed by atoms with Crippen LogP contribution < -0.4 is 5.32 Å². The Bertz CT molecular complexity index is 103. The average Bonchev–Trinajstić information content (AvgIpc) is 1.83. The first kappa shape index (κ1) is 8.06. The van der Waals surface area contributed by atoms with Gasteiger partial charge in [0.25, 0.3) is 0 Å². The van der Waals surface area contributed by atoms with Gasteiger partial charge in [0.15, 0.2) is 0 Å². The van der Waals surface area contributed by atoms with Crippen molar-refractivity contribution in [2.24, 2.45) is 11.3 Å². The Morgan fingerprint density at radius 2 is 2.10 bits per heavy atom. The van der Waals surface area contributed by atoms with E-state index in [2.05, 4.69) is 19.2 Å². The van der Waals surface area contributed by atoms with E-state index in [9.17, 15) is 0 Å². The molecule has 0 atom stereocenters. The van der Waals surface area contributed by atoms with Gasteiger partial charge in [-0.25, -0.2) is 0 Å². The van der Waals surface area contributed by atoms with Crippen molar-refractivity contribution < 1.29 is 0 Å². The van der Waals surface area contributed by atoms with Crippen LogP contribution in [0.15, 0.2) is 0 Å². The third-order valence-electron chi connectivity index (χ3n) is 2.74. The van der Waals surface area contributed by atoms with Gasteiger partial charge in [-0.05, 0) is 31.2 Å². The molecule has 0 amide bonds. The molecule has 0 bridgehead atoms. The summed E-state index contributed by atoms with van der Waals surface area (Å²) in [6.07, 6.45) is 4.24. The molecule has 0 aromatic rings. The van der Waals surface area contributed by atoms with E-state index in [0.29, 0.717) is 5.41 Å². The fraction of sp³-hybridized carbons (Fsp3) is 1.00. The van der Waals surface area contributed by atoms with Crippen LogP contribution in [0.25, 0.3) is 0 Å². The maximum absolute atomic E-state index is 3.25. The molecular formula is C9H19N. The molecule has 1 rings (SSSR count). The minimum atomic E-state index is 0.634. The van der Waals surface area contributed by atoms with Crippen molar-refractivity contribution in [2.45, 2.75) is 33.1 Å². The molecule has 0 aromatic carbocycles. The zero-order valence-electron chi connectivity index (χ0n) is 7.41. The standard InChI is InChI=1S/C9H19N/c1-4-8-5-9(2,6-8)7-10-3/h8,10H,4-7H2,1-3H3. The summed E-state index contributed by atoms with van der Waals surface area (Å²) in [5.41, 5.74) is 0.634. The van der Waals surface area contributed by atoms with Crippen molar-refractivity contribution in [2.75, 3.05) is 13.6 Å². The average molecular weight is 141 g/mol. The molecule has 10 heavy (non-hydrogen) atoms. The summed E-state index contributed by atoms with van der Waals surface area (Å²) in [6, 6.07) is 0. The van der Waals surface area contributed by atoms with Crippen LogP contribution in [0.4, 0.5) is 0 Å². The van der Waals surface area contributed by atoms with Gasteiger partial charge in [-0.15, -0.1) is 0 Å². The summed E-state index contributed by atoms with van der Waals surface area (Å²) in [6.45, 7) is 5.88. The number of rotatable bonds is 3. The first-order valence-corrected chi connectivity index (χ1v) is 4.35. The van der Waals surface area contributed by atoms with E-state index in [0.717, 1.165) is 5.92 Å². The molecule has 1 aliphatic carbocycles. The molecule has 60 valence electrons. The Morgan fingerprint density at radius 1 is 1.50 bits per heavy atom. The summed E-state index contributed by atoms with van der Waals surface area (Å²) < 4.78 is 0. The third-order valence-corrected chi connectivity index (χ3v) is 2.74. The van der Waals surface area contributed by atoms with E-state index in [4.69, 9.17) is 0 Å². The SMILES string of the molecule is CCC1CC(C)(CNC)C1. The van der Waals surface area contributed by atoms with E-state index >= 15 is 0 Å². The Hall–Kier alpha value is -0.0400. The molecule has 0 spiro atoms. The predicted octanol–water partition coefficient (Wildman–Crippen LogP) is 2.03. The minimum absolute atomic E-state index is 0.634. The molecule has 0 heterocycles. The van der Waals surface area contributed by atoms with Gasteiger partial charge in [0, 0.05) is 6.54 Å². The molecule has 0 aromatic heterocycles. The lowest BCUT2D eigenvalue weighted by molar-refractivity contribution is 0.0742. The maximum Gasteiger partial charge on any atom is 0.000236 e. The van der Waals surface area contributed by atoms with Crippen LogP contribution in [0.2, 0.25) is 0 Å². The third kappa shape index (κ3) is 1.51. The molecule has 1 nitrogen and oxygen atoms in total. The van der Waals surface area contributed by atoms with Crippen molar-refractivity contribution in [1.82, 2.24) is 5.32 Å². The summed E-state index contributed by atoms with van der Waals surface area (Å²) in [5, 5.41) is 3.25. The summed E-state index contributed by atoms with van der Waals surface area (Å²) >= 11 is 0. The van der Waals surface area contributed by atoms with Crippen LogP contribution in [0.1, 0.15) is 33.1 Å². The topological polar surface area (TPSA) is 12.0 Å².